The first-order valence-corrected chi connectivity index (χ1v) is 12.6. The van der Waals surface area contributed by atoms with Crippen LogP contribution in [0.25, 0.3) is 17.1 Å². The Kier molecular flexibility index (Phi) is 7.80. The van der Waals surface area contributed by atoms with Crippen molar-refractivity contribution in [3.8, 4) is 17.1 Å². The molecule has 0 aliphatic carbocycles. The van der Waals surface area contributed by atoms with Gasteiger partial charge < -0.3 is 10.1 Å². The second kappa shape index (κ2) is 11.1. The minimum absolute atomic E-state index is 0.0271. The predicted octanol–water partition coefficient (Wildman–Crippen LogP) is 2.91. The van der Waals surface area contributed by atoms with Gasteiger partial charge in [-0.05, 0) is 59.5 Å². The standard InChI is InChI=1S/C28H32N8O3/c1-27(2,3)21-13-11-20(12-14-21)25(37)31-23(26(38)39-28(4,5)6)15-18-7-9-19(10-8-18)24-29-16-22(17-30-24)36-34-32-33-35-36/h7-14,16-17,23H,15H2,1-6H3,(H,31,37)/p+1/t23-/m0/s1. The highest BCUT2D eigenvalue weighted by atomic mass is 16.6. The molecule has 2 aromatic carbocycles. The smallest absolute Gasteiger partial charge is 0.329 e. The Morgan fingerprint density at radius 2 is 1.59 bits per heavy atom. The van der Waals surface area contributed by atoms with Crippen LogP contribution in [-0.4, -0.2) is 54.3 Å². The van der Waals surface area contributed by atoms with E-state index in [-0.39, 0.29) is 17.7 Å². The number of aromatic nitrogens is 7. The normalized spacial score (nSPS) is 12.6. The molecule has 0 unspecified atom stereocenters. The maximum Gasteiger partial charge on any atom is 0.329 e. The summed E-state index contributed by atoms with van der Waals surface area (Å²) in [6.07, 6.45) is 3.46. The van der Waals surface area contributed by atoms with Crippen LogP contribution in [0, 0.1) is 0 Å². The molecular weight excluding hydrogens is 496 g/mol. The van der Waals surface area contributed by atoms with Gasteiger partial charge in [0.05, 0.1) is 12.4 Å². The Labute approximate surface area is 227 Å². The van der Waals surface area contributed by atoms with Crippen LogP contribution < -0.4 is 10.1 Å². The highest BCUT2D eigenvalue weighted by molar-refractivity contribution is 5.97. The fourth-order valence-electron chi connectivity index (χ4n) is 3.79. The first-order chi connectivity index (χ1) is 18.4. The van der Waals surface area contributed by atoms with Crippen LogP contribution in [0.5, 0.6) is 0 Å². The van der Waals surface area contributed by atoms with Crippen molar-refractivity contribution < 1.29 is 19.1 Å². The van der Waals surface area contributed by atoms with E-state index >= 15 is 0 Å². The predicted molar refractivity (Wildman–Crippen MR) is 143 cm³/mol. The number of nitrogens with one attached hydrogen (secondary N) is 2. The molecule has 0 aliphatic rings. The number of H-pyrrole nitrogens is 1. The molecule has 1 amide bonds. The number of hydrogen-bond acceptors (Lipinski definition) is 8. The fourth-order valence-corrected chi connectivity index (χ4v) is 3.79. The highest BCUT2D eigenvalue weighted by Crippen LogP contribution is 2.22. The third-order valence-electron chi connectivity index (χ3n) is 5.86. The largest absolute Gasteiger partial charge is 0.458 e. The number of hydrogen-bond donors (Lipinski definition) is 2. The topological polar surface area (TPSA) is 140 Å². The van der Waals surface area contributed by atoms with Crippen LogP contribution in [0.1, 0.15) is 63.0 Å². The Hall–Kier alpha value is -4.54. The van der Waals surface area contributed by atoms with Crippen molar-refractivity contribution in [2.24, 2.45) is 0 Å². The maximum atomic E-state index is 13.1. The molecule has 0 saturated carbocycles. The molecule has 0 saturated heterocycles. The Balaban J connectivity index is 1.49. The molecule has 4 aromatic rings. The fraction of sp³-hybridized carbons (Fsp3) is 0.357. The number of amides is 1. The summed E-state index contributed by atoms with van der Waals surface area (Å²) < 4.78 is 5.62. The van der Waals surface area contributed by atoms with Crippen molar-refractivity contribution in [3.63, 3.8) is 0 Å². The van der Waals surface area contributed by atoms with Gasteiger partial charge in [0.15, 0.2) is 11.5 Å². The zero-order valence-electron chi connectivity index (χ0n) is 23.0. The van der Waals surface area contributed by atoms with Crippen molar-refractivity contribution in [1.29, 1.82) is 0 Å². The van der Waals surface area contributed by atoms with Gasteiger partial charge in [-0.3, -0.25) is 4.79 Å². The minimum atomic E-state index is -0.868. The van der Waals surface area contributed by atoms with Crippen molar-refractivity contribution in [1.82, 2.24) is 36.1 Å². The summed E-state index contributed by atoms with van der Waals surface area (Å²) in [5, 5.41) is 16.3. The van der Waals surface area contributed by atoms with E-state index in [0.717, 1.165) is 16.7 Å². The number of aromatic amines is 1. The average molecular weight is 530 g/mol. The molecule has 0 spiro atoms. The lowest BCUT2D eigenvalue weighted by molar-refractivity contribution is -0.719. The van der Waals surface area contributed by atoms with Crippen LogP contribution in [0.2, 0.25) is 0 Å². The molecule has 0 fully saturated rings. The highest BCUT2D eigenvalue weighted by Gasteiger charge is 2.27. The van der Waals surface area contributed by atoms with E-state index in [1.807, 2.05) is 36.4 Å². The lowest BCUT2D eigenvalue weighted by atomic mass is 9.86. The van der Waals surface area contributed by atoms with Gasteiger partial charge in [0.2, 0.25) is 10.4 Å². The summed E-state index contributed by atoms with van der Waals surface area (Å²) in [4.78, 5) is 36.2. The number of benzene rings is 2. The van der Waals surface area contributed by atoms with E-state index in [1.54, 1.807) is 45.3 Å². The molecule has 4 rings (SSSR count). The number of carbonyl (C=O) groups is 2. The van der Waals surface area contributed by atoms with Gasteiger partial charge >= 0.3 is 5.97 Å². The molecule has 202 valence electrons. The quantitative estimate of drug-likeness (QED) is 0.275. The first kappa shape index (κ1) is 27.5. The van der Waals surface area contributed by atoms with Gasteiger partial charge in [0.25, 0.3) is 5.91 Å². The van der Waals surface area contributed by atoms with Gasteiger partial charge in [-0.15, -0.1) is 0 Å². The maximum absolute atomic E-state index is 13.1. The zero-order chi connectivity index (χ0) is 28.2. The third kappa shape index (κ3) is 7.28. The van der Waals surface area contributed by atoms with Crippen LogP contribution in [-0.2, 0) is 21.4 Å². The summed E-state index contributed by atoms with van der Waals surface area (Å²) in [5.74, 6) is -0.310. The second-order valence-electron chi connectivity index (χ2n) is 11.2. The van der Waals surface area contributed by atoms with Crippen LogP contribution in [0.15, 0.2) is 60.9 Å². The minimum Gasteiger partial charge on any atom is -0.458 e. The van der Waals surface area contributed by atoms with E-state index in [1.165, 1.54) is 4.80 Å². The van der Waals surface area contributed by atoms with E-state index in [9.17, 15) is 9.59 Å². The summed E-state index contributed by atoms with van der Waals surface area (Å²) in [7, 11) is 0. The van der Waals surface area contributed by atoms with Crippen molar-refractivity contribution in [3.05, 3.63) is 77.6 Å². The first-order valence-electron chi connectivity index (χ1n) is 12.6. The third-order valence-corrected chi connectivity index (χ3v) is 5.86. The molecule has 0 aliphatic heterocycles. The van der Waals surface area contributed by atoms with Crippen molar-refractivity contribution >= 4 is 11.9 Å². The van der Waals surface area contributed by atoms with Crippen LogP contribution in [0.4, 0.5) is 0 Å². The molecule has 0 bridgehead atoms. The summed E-state index contributed by atoms with van der Waals surface area (Å²) in [6.45, 7) is 11.7. The van der Waals surface area contributed by atoms with E-state index < -0.39 is 17.6 Å². The number of nitrogens with zero attached hydrogens (tertiary/aromatic N) is 6. The lowest BCUT2D eigenvalue weighted by Crippen LogP contribution is -2.45. The average Bonchev–Trinajstić information content (AvgIpc) is 3.42. The lowest BCUT2D eigenvalue weighted by Gasteiger charge is -2.25. The van der Waals surface area contributed by atoms with E-state index in [2.05, 4.69) is 56.9 Å². The van der Waals surface area contributed by atoms with Gasteiger partial charge in [0, 0.05) is 17.5 Å². The molecule has 11 heteroatoms. The van der Waals surface area contributed by atoms with Crippen molar-refractivity contribution in [2.45, 2.75) is 65.0 Å². The number of esters is 1. The zero-order valence-corrected chi connectivity index (χ0v) is 23.0. The molecule has 39 heavy (non-hydrogen) atoms. The number of rotatable bonds is 7. The summed E-state index contributed by atoms with van der Waals surface area (Å²) >= 11 is 0. The molecule has 0 radical (unpaired) electrons. The van der Waals surface area contributed by atoms with Gasteiger partial charge in [0.1, 0.15) is 16.9 Å². The molecule has 1 atom stereocenters. The van der Waals surface area contributed by atoms with Crippen LogP contribution in [0.3, 0.4) is 0 Å². The second-order valence-corrected chi connectivity index (χ2v) is 11.2. The Bertz CT molecular complexity index is 1400. The number of carbonyl (C=O) groups excluding carboxylic acids is 2. The summed E-state index contributed by atoms with van der Waals surface area (Å²) in [6, 6.07) is 14.1. The van der Waals surface area contributed by atoms with Gasteiger partial charge in [-0.25, -0.2) is 14.8 Å². The monoisotopic (exact) mass is 529 g/mol. The van der Waals surface area contributed by atoms with Crippen molar-refractivity contribution in [2.75, 3.05) is 0 Å². The SMILES string of the molecule is CC(C)(C)OC(=O)[C@H](Cc1ccc(-c2ncc(-[n+]3nnn[nH]3)cn2)cc1)NC(=O)c1ccc(C(C)(C)C)cc1. The van der Waals surface area contributed by atoms with E-state index in [4.69, 9.17) is 4.74 Å². The van der Waals surface area contributed by atoms with Gasteiger partial charge in [-0.2, -0.15) is 0 Å². The molecular formula is C28H33N8O3+. The Morgan fingerprint density at radius 1 is 0.949 bits per heavy atom. The van der Waals surface area contributed by atoms with Crippen LogP contribution >= 0.6 is 0 Å². The molecule has 11 nitrogen and oxygen atoms in total. The molecule has 2 N–H and O–H groups in total. The molecule has 2 aromatic heterocycles. The van der Waals surface area contributed by atoms with Gasteiger partial charge in [-0.1, -0.05) is 57.2 Å². The Morgan fingerprint density at radius 3 is 2.13 bits per heavy atom. The summed E-state index contributed by atoms with van der Waals surface area (Å²) in [5.41, 5.74) is 3.11. The number of ether oxygens (including phenoxy) is 1. The molecule has 2 heterocycles. The van der Waals surface area contributed by atoms with E-state index in [0.29, 0.717) is 17.1 Å².